The monoisotopic (exact) mass is 336 g/mol. The van der Waals surface area contributed by atoms with Crippen molar-refractivity contribution >= 4 is 27.5 Å². The highest BCUT2D eigenvalue weighted by Crippen LogP contribution is 2.13. The Morgan fingerprint density at radius 1 is 1.35 bits per heavy atom. The summed E-state index contributed by atoms with van der Waals surface area (Å²) in [5.74, 6) is -0.0612. The fourth-order valence-corrected chi connectivity index (χ4v) is 2.14. The van der Waals surface area contributed by atoms with Gasteiger partial charge in [0.25, 0.3) is 0 Å². The lowest BCUT2D eigenvalue weighted by atomic mass is 10.2. The van der Waals surface area contributed by atoms with Gasteiger partial charge in [0.05, 0.1) is 12.2 Å². The molecule has 0 atom stereocenters. The number of benzene rings is 1. The Labute approximate surface area is 126 Å². The first kappa shape index (κ1) is 14.7. The summed E-state index contributed by atoms with van der Waals surface area (Å²) in [6.45, 7) is 2.86. The zero-order valence-corrected chi connectivity index (χ0v) is 13.1. The van der Waals surface area contributed by atoms with E-state index >= 15 is 0 Å². The Kier molecular flexibility index (Phi) is 4.92. The van der Waals surface area contributed by atoms with Crippen molar-refractivity contribution in [2.45, 2.75) is 13.5 Å². The summed E-state index contributed by atoms with van der Waals surface area (Å²) in [7, 11) is 1.89. The molecular formula is C14H17BrN4O. The van der Waals surface area contributed by atoms with Crippen LogP contribution in [0, 0.1) is 6.92 Å². The molecule has 0 saturated heterocycles. The van der Waals surface area contributed by atoms with E-state index in [0.717, 1.165) is 21.4 Å². The van der Waals surface area contributed by atoms with Crippen molar-refractivity contribution in [2.75, 3.05) is 11.9 Å². The van der Waals surface area contributed by atoms with Gasteiger partial charge >= 0.3 is 0 Å². The molecule has 2 aromatic rings. The molecule has 1 amide bonds. The van der Waals surface area contributed by atoms with E-state index in [1.807, 2.05) is 44.4 Å². The van der Waals surface area contributed by atoms with Crippen LogP contribution in [0.1, 0.15) is 11.3 Å². The zero-order chi connectivity index (χ0) is 14.5. The van der Waals surface area contributed by atoms with E-state index in [0.29, 0.717) is 6.54 Å². The van der Waals surface area contributed by atoms with Crippen molar-refractivity contribution in [3.05, 3.63) is 46.2 Å². The summed E-state index contributed by atoms with van der Waals surface area (Å²) in [4.78, 5) is 11.8. The van der Waals surface area contributed by atoms with E-state index in [4.69, 9.17) is 0 Å². The molecule has 0 radical (unpaired) electrons. The lowest BCUT2D eigenvalue weighted by Gasteiger charge is -2.06. The second kappa shape index (κ2) is 6.67. The number of hydrogen-bond donors (Lipinski definition) is 2. The van der Waals surface area contributed by atoms with Gasteiger partial charge in [0.2, 0.25) is 5.91 Å². The van der Waals surface area contributed by atoms with Gasteiger partial charge in [-0.15, -0.1) is 0 Å². The molecule has 1 aromatic heterocycles. The molecule has 2 rings (SSSR count). The average molecular weight is 337 g/mol. The van der Waals surface area contributed by atoms with Crippen molar-refractivity contribution in [2.24, 2.45) is 7.05 Å². The van der Waals surface area contributed by atoms with Gasteiger partial charge in [-0.05, 0) is 31.2 Å². The second-order valence-corrected chi connectivity index (χ2v) is 5.49. The Morgan fingerprint density at radius 2 is 2.05 bits per heavy atom. The first-order chi connectivity index (χ1) is 9.54. The van der Waals surface area contributed by atoms with Crippen LogP contribution in [0.25, 0.3) is 0 Å². The van der Waals surface area contributed by atoms with E-state index in [2.05, 4.69) is 31.7 Å². The molecule has 20 heavy (non-hydrogen) atoms. The standard InChI is InChI=1S/C14H17BrN4O/c1-10-11(9-19(2)18-10)7-16-8-14(20)17-13-5-3-12(15)4-6-13/h3-6,9,16H,7-8H2,1-2H3,(H,17,20). The Bertz CT molecular complexity index is 592. The number of rotatable bonds is 5. The van der Waals surface area contributed by atoms with Crippen LogP contribution >= 0.6 is 15.9 Å². The van der Waals surface area contributed by atoms with Crippen LogP contribution in [-0.2, 0) is 18.4 Å². The minimum Gasteiger partial charge on any atom is -0.325 e. The van der Waals surface area contributed by atoms with Crippen LogP contribution in [0.2, 0.25) is 0 Å². The molecule has 0 saturated carbocycles. The predicted molar refractivity (Wildman–Crippen MR) is 82.4 cm³/mol. The fourth-order valence-electron chi connectivity index (χ4n) is 1.87. The highest BCUT2D eigenvalue weighted by Gasteiger charge is 2.05. The summed E-state index contributed by atoms with van der Waals surface area (Å²) in [6, 6.07) is 7.49. The topological polar surface area (TPSA) is 59.0 Å². The second-order valence-electron chi connectivity index (χ2n) is 4.57. The minimum atomic E-state index is -0.0612. The number of halogens is 1. The quantitative estimate of drug-likeness (QED) is 0.880. The third-order valence-electron chi connectivity index (χ3n) is 2.84. The Hall–Kier alpha value is -1.66. The molecule has 106 valence electrons. The maximum atomic E-state index is 11.8. The van der Waals surface area contributed by atoms with E-state index in [-0.39, 0.29) is 12.5 Å². The summed E-state index contributed by atoms with van der Waals surface area (Å²) >= 11 is 3.36. The number of amides is 1. The molecule has 5 nitrogen and oxygen atoms in total. The number of carbonyl (C=O) groups is 1. The SMILES string of the molecule is Cc1nn(C)cc1CNCC(=O)Nc1ccc(Br)cc1. The average Bonchev–Trinajstić information content (AvgIpc) is 2.71. The van der Waals surface area contributed by atoms with Crippen molar-refractivity contribution in [1.82, 2.24) is 15.1 Å². The smallest absolute Gasteiger partial charge is 0.238 e. The molecular weight excluding hydrogens is 320 g/mol. The summed E-state index contributed by atoms with van der Waals surface area (Å²) in [5.41, 5.74) is 2.87. The first-order valence-electron chi connectivity index (χ1n) is 6.30. The van der Waals surface area contributed by atoms with Gasteiger partial charge in [-0.3, -0.25) is 9.48 Å². The summed E-state index contributed by atoms with van der Waals surface area (Å²) in [6.07, 6.45) is 1.95. The van der Waals surface area contributed by atoms with Crippen molar-refractivity contribution in [3.8, 4) is 0 Å². The maximum Gasteiger partial charge on any atom is 0.238 e. The third-order valence-corrected chi connectivity index (χ3v) is 3.37. The molecule has 0 aliphatic heterocycles. The number of nitrogens with one attached hydrogen (secondary N) is 2. The van der Waals surface area contributed by atoms with Gasteiger partial charge in [0.15, 0.2) is 0 Å². The van der Waals surface area contributed by atoms with Crippen LogP contribution in [0.15, 0.2) is 34.9 Å². The molecule has 0 spiro atoms. The highest BCUT2D eigenvalue weighted by atomic mass is 79.9. The van der Waals surface area contributed by atoms with Gasteiger partial charge in [-0.2, -0.15) is 5.10 Å². The van der Waals surface area contributed by atoms with Crippen LogP contribution < -0.4 is 10.6 Å². The molecule has 0 bridgehead atoms. The van der Waals surface area contributed by atoms with Crippen LogP contribution in [-0.4, -0.2) is 22.2 Å². The number of nitrogens with zero attached hydrogens (tertiary/aromatic N) is 2. The fraction of sp³-hybridized carbons (Fsp3) is 0.286. The molecule has 6 heteroatoms. The van der Waals surface area contributed by atoms with E-state index in [1.54, 1.807) is 4.68 Å². The van der Waals surface area contributed by atoms with E-state index in [9.17, 15) is 4.79 Å². The first-order valence-corrected chi connectivity index (χ1v) is 7.09. The normalized spacial score (nSPS) is 10.6. The van der Waals surface area contributed by atoms with E-state index < -0.39 is 0 Å². The molecule has 0 unspecified atom stereocenters. The van der Waals surface area contributed by atoms with Gasteiger partial charge < -0.3 is 10.6 Å². The summed E-state index contributed by atoms with van der Waals surface area (Å²) in [5, 5.41) is 10.2. The van der Waals surface area contributed by atoms with Gasteiger partial charge in [0, 0.05) is 35.5 Å². The van der Waals surface area contributed by atoms with Gasteiger partial charge in [-0.1, -0.05) is 15.9 Å². The molecule has 1 heterocycles. The molecule has 0 aliphatic carbocycles. The number of anilines is 1. The van der Waals surface area contributed by atoms with Gasteiger partial charge in [0.1, 0.15) is 0 Å². The van der Waals surface area contributed by atoms with Crippen LogP contribution in [0.3, 0.4) is 0 Å². The maximum absolute atomic E-state index is 11.8. The lowest BCUT2D eigenvalue weighted by Crippen LogP contribution is -2.27. The molecule has 1 aromatic carbocycles. The predicted octanol–water partition coefficient (Wildman–Crippen LogP) is 2.22. The highest BCUT2D eigenvalue weighted by molar-refractivity contribution is 9.10. The van der Waals surface area contributed by atoms with Crippen molar-refractivity contribution < 1.29 is 4.79 Å². The van der Waals surface area contributed by atoms with E-state index in [1.165, 1.54) is 0 Å². The number of carbonyl (C=O) groups excluding carboxylic acids is 1. The van der Waals surface area contributed by atoms with Crippen molar-refractivity contribution in [1.29, 1.82) is 0 Å². The largest absolute Gasteiger partial charge is 0.325 e. The molecule has 0 fully saturated rings. The third kappa shape index (κ3) is 4.18. The number of aryl methyl sites for hydroxylation is 2. The van der Waals surface area contributed by atoms with Crippen LogP contribution in [0.4, 0.5) is 5.69 Å². The molecule has 2 N–H and O–H groups in total. The number of aromatic nitrogens is 2. The zero-order valence-electron chi connectivity index (χ0n) is 11.5. The summed E-state index contributed by atoms with van der Waals surface area (Å²) < 4.78 is 2.76. The number of hydrogen-bond acceptors (Lipinski definition) is 3. The Morgan fingerprint density at radius 3 is 2.65 bits per heavy atom. The Balaban J connectivity index is 1.78. The van der Waals surface area contributed by atoms with Gasteiger partial charge in [-0.25, -0.2) is 0 Å². The van der Waals surface area contributed by atoms with Crippen molar-refractivity contribution in [3.63, 3.8) is 0 Å². The lowest BCUT2D eigenvalue weighted by molar-refractivity contribution is -0.115. The molecule has 0 aliphatic rings. The van der Waals surface area contributed by atoms with Crippen LogP contribution in [0.5, 0.6) is 0 Å². The minimum absolute atomic E-state index is 0.0612.